The molecule has 0 aliphatic heterocycles. The highest BCUT2D eigenvalue weighted by Gasteiger charge is 2.04. The highest BCUT2D eigenvalue weighted by molar-refractivity contribution is 6.30. The first-order valence-electron chi connectivity index (χ1n) is 6.29. The fourth-order valence-corrected chi connectivity index (χ4v) is 1.82. The molecule has 0 aliphatic carbocycles. The highest BCUT2D eigenvalue weighted by Crippen LogP contribution is 2.26. The Balaban J connectivity index is 2.16. The molecule has 1 N–H and O–H groups in total. The molecule has 0 amide bonds. The summed E-state index contributed by atoms with van der Waals surface area (Å²) in [6.45, 7) is 5.70. The molecule has 3 nitrogen and oxygen atoms in total. The van der Waals surface area contributed by atoms with Gasteiger partial charge in [-0.15, -0.1) is 0 Å². The lowest BCUT2D eigenvalue weighted by atomic mass is 10.2. The molecule has 100 valence electrons. The van der Waals surface area contributed by atoms with Crippen molar-refractivity contribution in [1.29, 1.82) is 0 Å². The normalized spacial score (nSPS) is 10.5. The van der Waals surface area contributed by atoms with Crippen molar-refractivity contribution in [3.8, 4) is 11.6 Å². The molecule has 0 saturated heterocycles. The van der Waals surface area contributed by atoms with Crippen LogP contribution in [0.4, 0.5) is 0 Å². The van der Waals surface area contributed by atoms with E-state index in [1.165, 1.54) is 0 Å². The summed E-state index contributed by atoms with van der Waals surface area (Å²) in [5.41, 5.74) is 1.99. The molecule has 1 aromatic heterocycles. The Morgan fingerprint density at radius 1 is 1.26 bits per heavy atom. The van der Waals surface area contributed by atoms with E-state index in [9.17, 15) is 0 Å². The Labute approximate surface area is 118 Å². The number of ether oxygens (including phenoxy) is 1. The summed E-state index contributed by atoms with van der Waals surface area (Å²) in [5, 5.41) is 3.89. The van der Waals surface area contributed by atoms with Crippen LogP contribution in [0.5, 0.6) is 11.6 Å². The number of aromatic nitrogens is 1. The van der Waals surface area contributed by atoms with E-state index in [-0.39, 0.29) is 0 Å². The number of hydrogen-bond donors (Lipinski definition) is 1. The van der Waals surface area contributed by atoms with Crippen LogP contribution >= 0.6 is 11.6 Å². The number of benzene rings is 1. The summed E-state index contributed by atoms with van der Waals surface area (Å²) < 4.78 is 5.79. The summed E-state index contributed by atoms with van der Waals surface area (Å²) in [5.74, 6) is 1.32. The van der Waals surface area contributed by atoms with E-state index in [2.05, 4.69) is 17.2 Å². The van der Waals surface area contributed by atoms with E-state index in [1.807, 2.05) is 37.3 Å². The van der Waals surface area contributed by atoms with Crippen LogP contribution in [-0.2, 0) is 6.54 Å². The Morgan fingerprint density at radius 3 is 2.89 bits per heavy atom. The summed E-state index contributed by atoms with van der Waals surface area (Å²) in [6.07, 6.45) is 0. The molecule has 2 aromatic rings. The lowest BCUT2D eigenvalue weighted by Crippen LogP contribution is -2.12. The van der Waals surface area contributed by atoms with E-state index in [0.717, 1.165) is 30.1 Å². The van der Waals surface area contributed by atoms with Gasteiger partial charge in [0.25, 0.3) is 0 Å². The first-order chi connectivity index (χ1) is 9.19. The number of nitrogens with one attached hydrogen (secondary N) is 1. The third-order valence-electron chi connectivity index (χ3n) is 2.70. The van der Waals surface area contributed by atoms with Gasteiger partial charge in [0.05, 0.1) is 5.69 Å². The minimum Gasteiger partial charge on any atom is -0.439 e. The Bertz CT molecular complexity index is 558. The molecule has 0 unspecified atom stereocenters. The maximum absolute atomic E-state index is 5.97. The lowest BCUT2D eigenvalue weighted by Gasteiger charge is -2.09. The molecule has 0 bridgehead atoms. The van der Waals surface area contributed by atoms with Crippen LogP contribution in [0, 0.1) is 6.92 Å². The summed E-state index contributed by atoms with van der Waals surface area (Å²) in [7, 11) is 0. The predicted molar refractivity (Wildman–Crippen MR) is 77.9 cm³/mol. The topological polar surface area (TPSA) is 34.1 Å². The molecule has 1 heterocycles. The second-order valence-corrected chi connectivity index (χ2v) is 4.70. The molecular weight excluding hydrogens is 260 g/mol. The molecule has 0 atom stereocenters. The minimum absolute atomic E-state index is 0.584. The molecular formula is C15H17ClN2O. The van der Waals surface area contributed by atoms with Crippen LogP contribution < -0.4 is 10.1 Å². The van der Waals surface area contributed by atoms with Gasteiger partial charge >= 0.3 is 0 Å². The molecule has 1 aromatic carbocycles. The second-order valence-electron chi connectivity index (χ2n) is 4.26. The van der Waals surface area contributed by atoms with Gasteiger partial charge in [-0.2, -0.15) is 0 Å². The maximum Gasteiger partial charge on any atom is 0.219 e. The number of nitrogens with zero attached hydrogens (tertiary/aromatic N) is 1. The van der Waals surface area contributed by atoms with Gasteiger partial charge in [0.15, 0.2) is 0 Å². The van der Waals surface area contributed by atoms with Crippen LogP contribution in [0.2, 0.25) is 5.02 Å². The zero-order valence-corrected chi connectivity index (χ0v) is 11.9. The van der Waals surface area contributed by atoms with Gasteiger partial charge in [-0.1, -0.05) is 30.7 Å². The van der Waals surface area contributed by atoms with Gasteiger partial charge in [0.1, 0.15) is 5.75 Å². The Hall–Kier alpha value is -1.58. The molecule has 4 heteroatoms. The summed E-state index contributed by atoms with van der Waals surface area (Å²) >= 11 is 5.97. The van der Waals surface area contributed by atoms with Gasteiger partial charge in [0, 0.05) is 17.6 Å². The molecule has 0 spiro atoms. The number of aryl methyl sites for hydroxylation is 1. The zero-order valence-electron chi connectivity index (χ0n) is 11.1. The number of hydrogen-bond acceptors (Lipinski definition) is 3. The SMILES string of the molecule is CCNCc1cccc(Oc2cc(Cl)ccc2C)n1. The predicted octanol–water partition coefficient (Wildman–Crippen LogP) is 3.95. The van der Waals surface area contributed by atoms with Crippen LogP contribution in [0.1, 0.15) is 18.2 Å². The van der Waals surface area contributed by atoms with E-state index in [1.54, 1.807) is 6.07 Å². The number of rotatable bonds is 5. The first-order valence-corrected chi connectivity index (χ1v) is 6.67. The van der Waals surface area contributed by atoms with Crippen molar-refractivity contribution in [2.24, 2.45) is 0 Å². The van der Waals surface area contributed by atoms with Crippen molar-refractivity contribution in [2.45, 2.75) is 20.4 Å². The van der Waals surface area contributed by atoms with Gasteiger partial charge in [-0.25, -0.2) is 4.98 Å². The molecule has 0 saturated carbocycles. The second kappa shape index (κ2) is 6.55. The van der Waals surface area contributed by atoms with E-state index in [4.69, 9.17) is 16.3 Å². The molecule has 0 aliphatic rings. The number of pyridine rings is 1. The molecule has 19 heavy (non-hydrogen) atoms. The van der Waals surface area contributed by atoms with Crippen molar-refractivity contribution >= 4 is 11.6 Å². The molecule has 0 fully saturated rings. The lowest BCUT2D eigenvalue weighted by molar-refractivity contribution is 0.456. The molecule has 0 radical (unpaired) electrons. The van der Waals surface area contributed by atoms with E-state index >= 15 is 0 Å². The average Bonchev–Trinajstić information content (AvgIpc) is 2.41. The molecule has 2 rings (SSSR count). The van der Waals surface area contributed by atoms with E-state index in [0.29, 0.717) is 10.9 Å². The quantitative estimate of drug-likeness (QED) is 0.898. The first kappa shape index (κ1) is 13.8. The minimum atomic E-state index is 0.584. The maximum atomic E-state index is 5.97. The number of halogens is 1. The fourth-order valence-electron chi connectivity index (χ4n) is 1.66. The standard InChI is InChI=1S/C15H17ClN2O/c1-3-17-10-13-5-4-6-15(18-13)19-14-9-12(16)8-7-11(14)2/h4-9,17H,3,10H2,1-2H3. The Morgan fingerprint density at radius 2 is 2.11 bits per heavy atom. The smallest absolute Gasteiger partial charge is 0.219 e. The fraction of sp³-hybridized carbons (Fsp3) is 0.267. The van der Waals surface area contributed by atoms with Crippen LogP contribution in [0.25, 0.3) is 0 Å². The average molecular weight is 277 g/mol. The van der Waals surface area contributed by atoms with Crippen molar-refractivity contribution in [3.63, 3.8) is 0 Å². The third kappa shape index (κ3) is 3.94. The summed E-state index contributed by atoms with van der Waals surface area (Å²) in [6, 6.07) is 11.3. The van der Waals surface area contributed by atoms with Crippen molar-refractivity contribution in [1.82, 2.24) is 10.3 Å². The highest BCUT2D eigenvalue weighted by atomic mass is 35.5. The van der Waals surface area contributed by atoms with Gasteiger partial charge in [0.2, 0.25) is 5.88 Å². The van der Waals surface area contributed by atoms with Gasteiger partial charge in [-0.3, -0.25) is 0 Å². The van der Waals surface area contributed by atoms with Crippen molar-refractivity contribution < 1.29 is 4.74 Å². The third-order valence-corrected chi connectivity index (χ3v) is 2.94. The Kier molecular flexibility index (Phi) is 4.77. The van der Waals surface area contributed by atoms with Gasteiger partial charge in [-0.05, 0) is 37.2 Å². The van der Waals surface area contributed by atoms with Crippen molar-refractivity contribution in [2.75, 3.05) is 6.54 Å². The van der Waals surface area contributed by atoms with Crippen LogP contribution in [0.15, 0.2) is 36.4 Å². The largest absolute Gasteiger partial charge is 0.439 e. The van der Waals surface area contributed by atoms with Crippen LogP contribution in [0.3, 0.4) is 0 Å². The van der Waals surface area contributed by atoms with Crippen LogP contribution in [-0.4, -0.2) is 11.5 Å². The zero-order chi connectivity index (χ0) is 13.7. The summed E-state index contributed by atoms with van der Waals surface area (Å²) in [4.78, 5) is 4.45. The van der Waals surface area contributed by atoms with E-state index < -0.39 is 0 Å². The van der Waals surface area contributed by atoms with Crippen molar-refractivity contribution in [3.05, 3.63) is 52.7 Å². The van der Waals surface area contributed by atoms with Gasteiger partial charge < -0.3 is 10.1 Å². The monoisotopic (exact) mass is 276 g/mol.